The Labute approximate surface area is 127 Å². The van der Waals surface area contributed by atoms with E-state index in [0.29, 0.717) is 13.0 Å². The fourth-order valence-electron chi connectivity index (χ4n) is 2.01. The second-order valence-electron chi connectivity index (χ2n) is 4.80. The van der Waals surface area contributed by atoms with E-state index in [4.69, 9.17) is 0 Å². The molecule has 2 aromatic rings. The van der Waals surface area contributed by atoms with Gasteiger partial charge in [-0.05, 0) is 27.9 Å². The lowest BCUT2D eigenvalue weighted by Crippen LogP contribution is -2.27. The zero-order valence-corrected chi connectivity index (χ0v) is 13.3. The van der Waals surface area contributed by atoms with E-state index in [9.17, 15) is 4.79 Å². The van der Waals surface area contributed by atoms with E-state index < -0.39 is 0 Å². The summed E-state index contributed by atoms with van der Waals surface area (Å²) in [5.74, 6) is 0.141. The normalized spacial score (nSPS) is 10.6. The highest BCUT2D eigenvalue weighted by atomic mass is 79.9. The molecule has 0 saturated heterocycles. The van der Waals surface area contributed by atoms with Crippen molar-refractivity contribution in [3.8, 4) is 0 Å². The van der Waals surface area contributed by atoms with Gasteiger partial charge in [0, 0.05) is 20.5 Å². The number of hydrogen-bond donors (Lipinski definition) is 0. The van der Waals surface area contributed by atoms with Crippen LogP contribution in [0.25, 0.3) is 0 Å². The molecule has 0 atom stereocenters. The molecule has 0 aliphatic rings. The summed E-state index contributed by atoms with van der Waals surface area (Å²) >= 11 is 3.45. The number of benzene rings is 1. The molecule has 0 aliphatic carbocycles. The quantitative estimate of drug-likeness (QED) is 0.842. The number of carbonyl (C=O) groups is 1. The molecule has 106 valence electrons. The van der Waals surface area contributed by atoms with Crippen LogP contribution in [0.3, 0.4) is 0 Å². The topological polar surface area (TPSA) is 38.1 Å². The molecule has 1 heterocycles. The maximum absolute atomic E-state index is 12.1. The van der Waals surface area contributed by atoms with Gasteiger partial charge in [0.25, 0.3) is 0 Å². The molecule has 1 aromatic heterocycles. The average Bonchev–Trinajstić information content (AvgIpc) is 2.77. The molecule has 0 spiro atoms. The maximum Gasteiger partial charge on any atom is 0.222 e. The molecule has 0 saturated carbocycles. The Hall–Kier alpha value is -1.62. The van der Waals surface area contributed by atoms with Crippen molar-refractivity contribution in [1.29, 1.82) is 0 Å². The van der Waals surface area contributed by atoms with E-state index in [1.165, 1.54) is 5.56 Å². The molecule has 1 aromatic carbocycles. The Bertz CT molecular complexity index is 561. The summed E-state index contributed by atoms with van der Waals surface area (Å²) in [7, 11) is 3.70. The van der Waals surface area contributed by atoms with E-state index >= 15 is 0 Å². The summed E-state index contributed by atoms with van der Waals surface area (Å²) in [4.78, 5) is 13.9. The van der Waals surface area contributed by atoms with E-state index in [-0.39, 0.29) is 5.91 Å². The molecule has 4 nitrogen and oxygen atoms in total. The van der Waals surface area contributed by atoms with E-state index in [2.05, 4.69) is 21.0 Å². The van der Waals surface area contributed by atoms with Crippen molar-refractivity contribution in [1.82, 2.24) is 14.7 Å². The molecule has 0 N–H and O–H groups in total. The molecule has 5 heteroatoms. The van der Waals surface area contributed by atoms with Gasteiger partial charge in [-0.3, -0.25) is 9.48 Å². The van der Waals surface area contributed by atoms with Crippen molar-refractivity contribution in [2.24, 2.45) is 7.05 Å². The van der Waals surface area contributed by atoms with Gasteiger partial charge >= 0.3 is 0 Å². The molecule has 0 unspecified atom stereocenters. The standard InChI is InChI=1S/C15H18BrN3O/c1-18(11-14-13(16)10-17-19(14)2)15(20)9-8-12-6-4-3-5-7-12/h3-7,10H,8-9,11H2,1-2H3. The van der Waals surface area contributed by atoms with Crippen LogP contribution in [0.4, 0.5) is 0 Å². The predicted octanol–water partition coefficient (Wildman–Crippen LogP) is 2.77. The molecule has 0 fully saturated rings. The largest absolute Gasteiger partial charge is 0.340 e. The van der Waals surface area contributed by atoms with Crippen molar-refractivity contribution in [2.45, 2.75) is 19.4 Å². The van der Waals surface area contributed by atoms with E-state index in [1.807, 2.05) is 44.4 Å². The maximum atomic E-state index is 12.1. The Morgan fingerprint density at radius 3 is 2.65 bits per heavy atom. The molecule has 1 amide bonds. The minimum Gasteiger partial charge on any atom is -0.340 e. The molecule has 0 radical (unpaired) electrons. The Morgan fingerprint density at radius 2 is 2.05 bits per heavy atom. The first kappa shape index (κ1) is 14.8. The van der Waals surface area contributed by atoms with Crippen LogP contribution in [-0.4, -0.2) is 27.6 Å². The second-order valence-corrected chi connectivity index (χ2v) is 5.65. The fraction of sp³-hybridized carbons (Fsp3) is 0.333. The first-order chi connectivity index (χ1) is 9.58. The van der Waals surface area contributed by atoms with Gasteiger partial charge in [-0.15, -0.1) is 0 Å². The van der Waals surface area contributed by atoms with Crippen LogP contribution in [-0.2, 0) is 24.8 Å². The molecule has 20 heavy (non-hydrogen) atoms. The van der Waals surface area contributed by atoms with Gasteiger partial charge < -0.3 is 4.90 Å². The van der Waals surface area contributed by atoms with Gasteiger partial charge in [-0.1, -0.05) is 30.3 Å². The summed E-state index contributed by atoms with van der Waals surface area (Å²) in [6.45, 7) is 0.560. The molecule has 0 aliphatic heterocycles. The number of aromatic nitrogens is 2. The molecular weight excluding hydrogens is 318 g/mol. The van der Waals surface area contributed by atoms with Crippen LogP contribution >= 0.6 is 15.9 Å². The van der Waals surface area contributed by atoms with Gasteiger partial charge in [-0.25, -0.2) is 0 Å². The van der Waals surface area contributed by atoms with Crippen LogP contribution in [0.15, 0.2) is 41.0 Å². The number of amides is 1. The average molecular weight is 336 g/mol. The minimum atomic E-state index is 0.141. The smallest absolute Gasteiger partial charge is 0.222 e. The number of aryl methyl sites for hydroxylation is 2. The van der Waals surface area contributed by atoms with Gasteiger partial charge in [0.1, 0.15) is 0 Å². The number of nitrogens with zero attached hydrogens (tertiary/aromatic N) is 3. The summed E-state index contributed by atoms with van der Waals surface area (Å²) in [6.07, 6.45) is 3.05. The summed E-state index contributed by atoms with van der Waals surface area (Å²) in [5, 5.41) is 4.15. The van der Waals surface area contributed by atoms with Gasteiger partial charge in [-0.2, -0.15) is 5.10 Å². The predicted molar refractivity (Wildman–Crippen MR) is 82.1 cm³/mol. The lowest BCUT2D eigenvalue weighted by atomic mass is 10.1. The SMILES string of the molecule is CN(Cc1c(Br)cnn1C)C(=O)CCc1ccccc1. The molecule has 0 bridgehead atoms. The Morgan fingerprint density at radius 1 is 1.35 bits per heavy atom. The highest BCUT2D eigenvalue weighted by Crippen LogP contribution is 2.17. The van der Waals surface area contributed by atoms with E-state index in [0.717, 1.165) is 16.6 Å². The third-order valence-electron chi connectivity index (χ3n) is 3.29. The minimum absolute atomic E-state index is 0.141. The summed E-state index contributed by atoms with van der Waals surface area (Å²) < 4.78 is 2.72. The van der Waals surface area contributed by atoms with Crippen LogP contribution in [0.1, 0.15) is 17.7 Å². The monoisotopic (exact) mass is 335 g/mol. The van der Waals surface area contributed by atoms with Crippen molar-refractivity contribution in [3.63, 3.8) is 0 Å². The lowest BCUT2D eigenvalue weighted by Gasteiger charge is -2.17. The third kappa shape index (κ3) is 3.70. The van der Waals surface area contributed by atoms with Crippen molar-refractivity contribution in [2.75, 3.05) is 7.05 Å². The first-order valence-corrected chi connectivity index (χ1v) is 7.31. The van der Waals surface area contributed by atoms with Crippen molar-refractivity contribution in [3.05, 3.63) is 52.3 Å². The highest BCUT2D eigenvalue weighted by molar-refractivity contribution is 9.10. The lowest BCUT2D eigenvalue weighted by molar-refractivity contribution is -0.130. The number of hydrogen-bond acceptors (Lipinski definition) is 2. The number of rotatable bonds is 5. The van der Waals surface area contributed by atoms with Crippen LogP contribution in [0.2, 0.25) is 0 Å². The third-order valence-corrected chi connectivity index (χ3v) is 3.96. The fourth-order valence-corrected chi connectivity index (χ4v) is 2.49. The zero-order valence-electron chi connectivity index (χ0n) is 11.7. The first-order valence-electron chi connectivity index (χ1n) is 6.52. The highest BCUT2D eigenvalue weighted by Gasteiger charge is 2.13. The van der Waals surface area contributed by atoms with Crippen LogP contribution in [0.5, 0.6) is 0 Å². The van der Waals surface area contributed by atoms with Gasteiger partial charge in [0.2, 0.25) is 5.91 Å². The van der Waals surface area contributed by atoms with Crippen molar-refractivity contribution >= 4 is 21.8 Å². The van der Waals surface area contributed by atoms with Gasteiger partial charge in [0.15, 0.2) is 0 Å². The number of halogens is 1. The van der Waals surface area contributed by atoms with Crippen LogP contribution < -0.4 is 0 Å². The van der Waals surface area contributed by atoms with Gasteiger partial charge in [0.05, 0.1) is 22.9 Å². The Balaban J connectivity index is 1.89. The van der Waals surface area contributed by atoms with E-state index in [1.54, 1.807) is 15.8 Å². The molecular formula is C15H18BrN3O. The second kappa shape index (κ2) is 6.70. The summed E-state index contributed by atoms with van der Waals surface area (Å²) in [6, 6.07) is 10.1. The zero-order chi connectivity index (χ0) is 14.5. The summed E-state index contributed by atoms with van der Waals surface area (Å²) in [5.41, 5.74) is 2.19. The Kier molecular flexibility index (Phi) is 4.95. The number of carbonyl (C=O) groups excluding carboxylic acids is 1. The van der Waals surface area contributed by atoms with Crippen molar-refractivity contribution < 1.29 is 4.79 Å². The van der Waals surface area contributed by atoms with Crippen LogP contribution in [0, 0.1) is 0 Å². The molecule has 2 rings (SSSR count).